The van der Waals surface area contributed by atoms with Gasteiger partial charge in [0.25, 0.3) is 0 Å². The fourth-order valence-corrected chi connectivity index (χ4v) is 2.96. The molecule has 0 saturated carbocycles. The molecule has 4 nitrogen and oxygen atoms in total. The van der Waals surface area contributed by atoms with E-state index >= 15 is 0 Å². The number of hydrogen-bond acceptors (Lipinski definition) is 3. The Labute approximate surface area is 151 Å². The Kier molecular flexibility index (Phi) is 6.17. The van der Waals surface area contributed by atoms with Crippen LogP contribution in [-0.2, 0) is 22.5 Å². The molecule has 1 N–H and O–H groups in total. The first-order valence-corrected chi connectivity index (χ1v) is 8.75. The normalized spacial score (nSPS) is 14.3. The molecule has 0 aromatic heterocycles. The van der Waals surface area contributed by atoms with Crippen LogP contribution in [0.15, 0.2) is 42.5 Å². The van der Waals surface area contributed by atoms with Gasteiger partial charge in [0.15, 0.2) is 0 Å². The van der Waals surface area contributed by atoms with E-state index in [1.807, 2.05) is 11.0 Å². The van der Waals surface area contributed by atoms with Gasteiger partial charge in [-0.3, -0.25) is 4.79 Å². The molecule has 1 saturated heterocycles. The van der Waals surface area contributed by atoms with Crippen molar-refractivity contribution in [2.24, 2.45) is 0 Å². The number of hydrogen-bond donors (Lipinski definition) is 1. The SMILES string of the molecule is O=C(CCc1ccccc1F)NCc1ccc(N2CCOCC2)c(F)c1. The average molecular weight is 360 g/mol. The highest BCUT2D eigenvalue weighted by molar-refractivity contribution is 5.76. The molecule has 2 aromatic carbocycles. The molecule has 0 radical (unpaired) electrons. The summed E-state index contributed by atoms with van der Waals surface area (Å²) < 4.78 is 33.2. The van der Waals surface area contributed by atoms with Gasteiger partial charge in [-0.05, 0) is 35.7 Å². The second-order valence-electron chi connectivity index (χ2n) is 6.25. The first-order valence-electron chi connectivity index (χ1n) is 8.75. The molecule has 6 heteroatoms. The standard InChI is InChI=1S/C20H22F2N2O2/c21-17-4-2-1-3-16(17)6-8-20(25)23-14-15-5-7-19(18(22)13-15)24-9-11-26-12-10-24/h1-5,7,13H,6,8-12,14H2,(H,23,25). The van der Waals surface area contributed by atoms with Crippen molar-refractivity contribution in [1.29, 1.82) is 0 Å². The van der Waals surface area contributed by atoms with Gasteiger partial charge < -0.3 is 15.0 Å². The molecule has 0 aliphatic carbocycles. The molecule has 1 fully saturated rings. The van der Waals surface area contributed by atoms with Crippen molar-refractivity contribution in [3.05, 3.63) is 65.2 Å². The van der Waals surface area contributed by atoms with Crippen molar-refractivity contribution < 1.29 is 18.3 Å². The monoisotopic (exact) mass is 360 g/mol. The highest BCUT2D eigenvalue weighted by Gasteiger charge is 2.15. The largest absolute Gasteiger partial charge is 0.378 e. The molecule has 26 heavy (non-hydrogen) atoms. The Morgan fingerprint density at radius 3 is 2.58 bits per heavy atom. The third-order valence-electron chi connectivity index (χ3n) is 4.43. The maximum atomic E-state index is 14.3. The van der Waals surface area contributed by atoms with Crippen LogP contribution < -0.4 is 10.2 Å². The fourth-order valence-electron chi connectivity index (χ4n) is 2.96. The zero-order chi connectivity index (χ0) is 18.4. The topological polar surface area (TPSA) is 41.6 Å². The summed E-state index contributed by atoms with van der Waals surface area (Å²) in [5, 5.41) is 2.75. The van der Waals surface area contributed by atoms with Crippen LogP contribution >= 0.6 is 0 Å². The van der Waals surface area contributed by atoms with E-state index in [0.29, 0.717) is 49.5 Å². The van der Waals surface area contributed by atoms with Crippen molar-refractivity contribution in [2.45, 2.75) is 19.4 Å². The zero-order valence-electron chi connectivity index (χ0n) is 14.5. The molecule has 1 heterocycles. The van der Waals surface area contributed by atoms with Crippen molar-refractivity contribution in [2.75, 3.05) is 31.2 Å². The van der Waals surface area contributed by atoms with Crippen LogP contribution in [0.5, 0.6) is 0 Å². The van der Waals surface area contributed by atoms with Crippen LogP contribution in [0.1, 0.15) is 17.5 Å². The molecule has 0 unspecified atom stereocenters. The van der Waals surface area contributed by atoms with Gasteiger partial charge in [-0.2, -0.15) is 0 Å². The summed E-state index contributed by atoms with van der Waals surface area (Å²) in [5.74, 6) is -0.794. The molecule has 1 aliphatic heterocycles. The molecule has 0 atom stereocenters. The minimum absolute atomic E-state index is 0.189. The highest BCUT2D eigenvalue weighted by atomic mass is 19.1. The summed E-state index contributed by atoms with van der Waals surface area (Å²) in [6, 6.07) is 11.4. The molecular weight excluding hydrogens is 338 g/mol. The Hall–Kier alpha value is -2.47. The predicted octanol–water partition coefficient (Wildman–Crippen LogP) is 3.05. The molecule has 2 aromatic rings. The van der Waals surface area contributed by atoms with E-state index in [1.165, 1.54) is 12.1 Å². The van der Waals surface area contributed by atoms with Gasteiger partial charge in [0.05, 0.1) is 18.9 Å². The van der Waals surface area contributed by atoms with E-state index in [2.05, 4.69) is 5.32 Å². The first kappa shape index (κ1) is 18.3. The number of aryl methyl sites for hydroxylation is 1. The van der Waals surface area contributed by atoms with Crippen LogP contribution in [0, 0.1) is 11.6 Å². The lowest BCUT2D eigenvalue weighted by molar-refractivity contribution is -0.121. The number of rotatable bonds is 6. The highest BCUT2D eigenvalue weighted by Crippen LogP contribution is 2.21. The van der Waals surface area contributed by atoms with E-state index in [4.69, 9.17) is 4.74 Å². The summed E-state index contributed by atoms with van der Waals surface area (Å²) >= 11 is 0. The Morgan fingerprint density at radius 1 is 1.08 bits per heavy atom. The molecular formula is C20H22F2N2O2. The van der Waals surface area contributed by atoms with Crippen LogP contribution in [0.25, 0.3) is 0 Å². The fraction of sp³-hybridized carbons (Fsp3) is 0.350. The third-order valence-corrected chi connectivity index (χ3v) is 4.43. The van der Waals surface area contributed by atoms with Gasteiger partial charge in [-0.1, -0.05) is 24.3 Å². The van der Waals surface area contributed by atoms with Gasteiger partial charge in [0.2, 0.25) is 5.91 Å². The van der Waals surface area contributed by atoms with Gasteiger partial charge in [-0.15, -0.1) is 0 Å². The van der Waals surface area contributed by atoms with Gasteiger partial charge in [-0.25, -0.2) is 8.78 Å². The molecule has 1 amide bonds. The lowest BCUT2D eigenvalue weighted by atomic mass is 10.1. The third kappa shape index (κ3) is 4.79. The van der Waals surface area contributed by atoms with E-state index in [0.717, 1.165) is 0 Å². The van der Waals surface area contributed by atoms with Gasteiger partial charge in [0.1, 0.15) is 11.6 Å². The maximum Gasteiger partial charge on any atom is 0.220 e. The number of halogens is 2. The number of amides is 1. The van der Waals surface area contributed by atoms with Crippen LogP contribution in [-0.4, -0.2) is 32.2 Å². The van der Waals surface area contributed by atoms with E-state index < -0.39 is 0 Å². The minimum atomic E-state index is -0.305. The number of nitrogens with zero attached hydrogens (tertiary/aromatic N) is 1. The Balaban J connectivity index is 1.50. The number of nitrogens with one attached hydrogen (secondary N) is 1. The number of benzene rings is 2. The van der Waals surface area contributed by atoms with Crippen LogP contribution in [0.3, 0.4) is 0 Å². The van der Waals surface area contributed by atoms with Crippen LogP contribution in [0.2, 0.25) is 0 Å². The van der Waals surface area contributed by atoms with Crippen molar-refractivity contribution in [3.63, 3.8) is 0 Å². The molecule has 0 bridgehead atoms. The maximum absolute atomic E-state index is 14.3. The molecule has 1 aliphatic rings. The Morgan fingerprint density at radius 2 is 1.85 bits per heavy atom. The first-order chi connectivity index (χ1) is 12.6. The Bertz CT molecular complexity index is 761. The van der Waals surface area contributed by atoms with E-state index in [-0.39, 0.29) is 30.5 Å². The van der Waals surface area contributed by atoms with Crippen molar-refractivity contribution >= 4 is 11.6 Å². The lowest BCUT2D eigenvalue weighted by Crippen LogP contribution is -2.36. The second kappa shape index (κ2) is 8.76. The summed E-state index contributed by atoms with van der Waals surface area (Å²) in [6.07, 6.45) is 0.526. The summed E-state index contributed by atoms with van der Waals surface area (Å²) in [6.45, 7) is 2.78. The lowest BCUT2D eigenvalue weighted by Gasteiger charge is -2.29. The second-order valence-corrected chi connectivity index (χ2v) is 6.25. The number of carbonyl (C=O) groups excluding carboxylic acids is 1. The van der Waals surface area contributed by atoms with Crippen LogP contribution in [0.4, 0.5) is 14.5 Å². The van der Waals surface area contributed by atoms with E-state index in [1.54, 1.807) is 24.3 Å². The predicted molar refractivity (Wildman–Crippen MR) is 96.0 cm³/mol. The quantitative estimate of drug-likeness (QED) is 0.861. The van der Waals surface area contributed by atoms with Crippen molar-refractivity contribution in [1.82, 2.24) is 5.32 Å². The average Bonchev–Trinajstić information content (AvgIpc) is 2.66. The summed E-state index contributed by atoms with van der Waals surface area (Å²) in [5.41, 5.74) is 1.77. The minimum Gasteiger partial charge on any atom is -0.378 e. The van der Waals surface area contributed by atoms with E-state index in [9.17, 15) is 13.6 Å². The number of anilines is 1. The van der Waals surface area contributed by atoms with Gasteiger partial charge >= 0.3 is 0 Å². The summed E-state index contributed by atoms with van der Waals surface area (Å²) in [4.78, 5) is 13.9. The molecule has 3 rings (SSSR count). The smallest absolute Gasteiger partial charge is 0.220 e. The molecule has 138 valence electrons. The number of morpholine rings is 1. The number of carbonyl (C=O) groups is 1. The molecule has 0 spiro atoms. The number of ether oxygens (including phenoxy) is 1. The van der Waals surface area contributed by atoms with Gasteiger partial charge in [0, 0.05) is 26.1 Å². The summed E-state index contributed by atoms with van der Waals surface area (Å²) in [7, 11) is 0. The zero-order valence-corrected chi connectivity index (χ0v) is 14.5. The van der Waals surface area contributed by atoms with Crippen molar-refractivity contribution in [3.8, 4) is 0 Å².